The Morgan fingerprint density at radius 2 is 1.59 bits per heavy atom. The first-order valence-corrected chi connectivity index (χ1v) is 15.7. The Bertz CT molecular complexity index is 1490. The summed E-state index contributed by atoms with van der Waals surface area (Å²) in [6.45, 7) is 2.93. The minimum Gasteiger partial charge on any atom is -0.495 e. The third-order valence-corrected chi connectivity index (χ3v) is 8.10. The number of methoxy groups -OCH3 is 1. The van der Waals surface area contributed by atoms with Crippen LogP contribution in [0.5, 0.6) is 5.75 Å². The largest absolute Gasteiger partial charge is 0.495 e. The summed E-state index contributed by atoms with van der Waals surface area (Å²) in [6, 6.07) is 17.3. The summed E-state index contributed by atoms with van der Waals surface area (Å²) in [5, 5.41) is 3.86. The maximum absolute atomic E-state index is 14.2. The molecule has 0 aliphatic heterocycles. The second-order valence-electron chi connectivity index (χ2n) is 9.71. The molecule has 0 aliphatic carbocycles. The van der Waals surface area contributed by atoms with Crippen molar-refractivity contribution in [3.63, 3.8) is 0 Å². The van der Waals surface area contributed by atoms with E-state index in [-0.39, 0.29) is 35.5 Å². The Morgan fingerprint density at radius 1 is 0.951 bits per heavy atom. The second-order valence-corrected chi connectivity index (χ2v) is 12.9. The van der Waals surface area contributed by atoms with Crippen LogP contribution in [0.3, 0.4) is 0 Å². The van der Waals surface area contributed by atoms with Crippen molar-refractivity contribution < 1.29 is 22.7 Å². The van der Waals surface area contributed by atoms with Crippen LogP contribution in [-0.4, -0.2) is 57.1 Å². The number of anilines is 1. The topological polar surface area (TPSA) is 96.0 Å². The average molecular weight is 641 g/mol. The molecule has 3 aromatic rings. The smallest absolute Gasteiger partial charge is 0.244 e. The van der Waals surface area contributed by atoms with E-state index >= 15 is 0 Å². The van der Waals surface area contributed by atoms with Gasteiger partial charge >= 0.3 is 0 Å². The monoisotopic (exact) mass is 639 g/mol. The third kappa shape index (κ3) is 9.00. The first-order valence-electron chi connectivity index (χ1n) is 12.7. The van der Waals surface area contributed by atoms with Crippen molar-refractivity contribution in [3.8, 4) is 5.75 Å². The Kier molecular flexibility index (Phi) is 11.3. The van der Waals surface area contributed by atoms with E-state index in [4.69, 9.17) is 39.5 Å². The fourth-order valence-corrected chi connectivity index (χ4v) is 5.70. The highest BCUT2D eigenvalue weighted by Gasteiger charge is 2.34. The summed E-state index contributed by atoms with van der Waals surface area (Å²) in [6.07, 6.45) is 1.16. The molecule has 0 saturated carbocycles. The second kappa shape index (κ2) is 14.3. The van der Waals surface area contributed by atoms with Crippen LogP contribution in [0, 0.1) is 0 Å². The van der Waals surface area contributed by atoms with E-state index in [0.29, 0.717) is 15.6 Å². The first kappa shape index (κ1) is 32.5. The highest BCUT2D eigenvalue weighted by atomic mass is 35.5. The summed E-state index contributed by atoms with van der Waals surface area (Å²) < 4.78 is 32.3. The van der Waals surface area contributed by atoms with E-state index in [9.17, 15) is 18.0 Å². The maximum Gasteiger partial charge on any atom is 0.244 e. The van der Waals surface area contributed by atoms with Gasteiger partial charge in [-0.1, -0.05) is 71.2 Å². The van der Waals surface area contributed by atoms with Gasteiger partial charge in [0.15, 0.2) is 0 Å². The predicted octanol–water partition coefficient (Wildman–Crippen LogP) is 5.59. The number of sulfonamides is 1. The SMILES string of the molecule is COc1ccc(Cl)cc1N(CC(=O)N(Cc1ccc(Cl)cc1Cl)C(Cc1ccccc1)C(=O)NC(C)C)S(C)(=O)=O. The number of carbonyl (C=O) groups excluding carboxylic acids is 2. The van der Waals surface area contributed by atoms with Gasteiger partial charge in [-0.2, -0.15) is 0 Å². The molecule has 0 spiro atoms. The number of amides is 2. The molecule has 3 rings (SSSR count). The molecule has 2 amide bonds. The number of benzene rings is 3. The average Bonchev–Trinajstić information content (AvgIpc) is 2.89. The Morgan fingerprint density at radius 3 is 2.17 bits per heavy atom. The zero-order chi connectivity index (χ0) is 30.3. The van der Waals surface area contributed by atoms with Gasteiger partial charge in [-0.25, -0.2) is 8.42 Å². The van der Waals surface area contributed by atoms with Crippen LogP contribution >= 0.6 is 34.8 Å². The quantitative estimate of drug-likeness (QED) is 0.279. The number of hydrogen-bond acceptors (Lipinski definition) is 5. The molecule has 0 heterocycles. The van der Waals surface area contributed by atoms with Crippen molar-refractivity contribution in [2.45, 2.75) is 38.9 Å². The third-order valence-electron chi connectivity index (χ3n) is 6.15. The normalized spacial score (nSPS) is 12.1. The molecule has 0 saturated heterocycles. The Balaban J connectivity index is 2.13. The first-order chi connectivity index (χ1) is 19.3. The molecule has 0 radical (unpaired) electrons. The van der Waals surface area contributed by atoms with Crippen molar-refractivity contribution in [2.75, 3.05) is 24.2 Å². The predicted molar refractivity (Wildman–Crippen MR) is 164 cm³/mol. The van der Waals surface area contributed by atoms with Crippen LogP contribution in [0.2, 0.25) is 15.1 Å². The van der Waals surface area contributed by atoms with Crippen LogP contribution in [0.15, 0.2) is 66.7 Å². The van der Waals surface area contributed by atoms with Crippen molar-refractivity contribution in [1.82, 2.24) is 10.2 Å². The molecule has 1 atom stereocenters. The van der Waals surface area contributed by atoms with Gasteiger partial charge in [0.25, 0.3) is 0 Å². The number of carbonyl (C=O) groups is 2. The zero-order valence-electron chi connectivity index (χ0n) is 23.1. The molecule has 0 aromatic heterocycles. The lowest BCUT2D eigenvalue weighted by Crippen LogP contribution is -2.54. The van der Waals surface area contributed by atoms with Gasteiger partial charge in [0, 0.05) is 34.1 Å². The minimum absolute atomic E-state index is 0.0812. The van der Waals surface area contributed by atoms with Crippen LogP contribution in [0.25, 0.3) is 0 Å². The summed E-state index contributed by atoms with van der Waals surface area (Å²) in [5.74, 6) is -0.824. The highest BCUT2D eigenvalue weighted by molar-refractivity contribution is 7.92. The Hall–Kier alpha value is -2.98. The van der Waals surface area contributed by atoms with Crippen molar-refractivity contribution in [1.29, 1.82) is 0 Å². The summed E-state index contributed by atoms with van der Waals surface area (Å²) >= 11 is 18.8. The molecule has 0 bridgehead atoms. The Labute approximate surface area is 256 Å². The van der Waals surface area contributed by atoms with Gasteiger partial charge in [-0.15, -0.1) is 0 Å². The van der Waals surface area contributed by atoms with E-state index in [1.807, 2.05) is 44.2 Å². The van der Waals surface area contributed by atoms with Crippen LogP contribution in [0.4, 0.5) is 5.69 Å². The maximum atomic E-state index is 14.2. The van der Waals surface area contributed by atoms with Gasteiger partial charge in [0.2, 0.25) is 21.8 Å². The number of halogens is 3. The molecule has 1 unspecified atom stereocenters. The molecule has 12 heteroatoms. The standard InChI is InChI=1S/C29H32Cl3N3O5S/c1-19(2)33-29(37)26(14-20-8-6-5-7-9-20)34(17-21-10-11-22(30)15-24(21)32)28(36)18-35(41(4,38)39)25-16-23(31)12-13-27(25)40-3/h5-13,15-16,19,26H,14,17-18H2,1-4H3,(H,33,37). The number of hydrogen-bond donors (Lipinski definition) is 1. The van der Waals surface area contributed by atoms with Gasteiger partial charge < -0.3 is 15.0 Å². The molecule has 1 N–H and O–H groups in total. The molecule has 3 aromatic carbocycles. The van der Waals surface area contributed by atoms with Gasteiger partial charge in [-0.05, 0) is 55.3 Å². The number of nitrogens with one attached hydrogen (secondary N) is 1. The van der Waals surface area contributed by atoms with Gasteiger partial charge in [-0.3, -0.25) is 13.9 Å². The minimum atomic E-state index is -4.00. The lowest BCUT2D eigenvalue weighted by atomic mass is 10.0. The summed E-state index contributed by atoms with van der Waals surface area (Å²) in [4.78, 5) is 29.1. The van der Waals surface area contributed by atoms with E-state index in [0.717, 1.165) is 16.1 Å². The molecule has 0 aliphatic rings. The zero-order valence-corrected chi connectivity index (χ0v) is 26.2. The summed E-state index contributed by atoms with van der Waals surface area (Å²) in [7, 11) is -2.62. The lowest BCUT2D eigenvalue weighted by Gasteiger charge is -2.34. The van der Waals surface area contributed by atoms with Gasteiger partial charge in [0.1, 0.15) is 18.3 Å². The molecular weight excluding hydrogens is 609 g/mol. The van der Waals surface area contributed by atoms with Crippen LogP contribution in [0.1, 0.15) is 25.0 Å². The highest BCUT2D eigenvalue weighted by Crippen LogP contribution is 2.33. The fourth-order valence-electron chi connectivity index (χ4n) is 4.22. The molecule has 8 nitrogen and oxygen atoms in total. The van der Waals surface area contributed by atoms with E-state index in [2.05, 4.69) is 5.32 Å². The van der Waals surface area contributed by atoms with Crippen molar-refractivity contribution >= 4 is 62.3 Å². The molecule has 220 valence electrons. The fraction of sp³-hybridized carbons (Fsp3) is 0.310. The number of ether oxygens (including phenoxy) is 1. The van der Waals surface area contributed by atoms with Crippen molar-refractivity contribution in [3.05, 3.63) is 92.9 Å². The summed E-state index contributed by atoms with van der Waals surface area (Å²) in [5.41, 5.74) is 1.44. The van der Waals surface area contributed by atoms with Crippen LogP contribution in [-0.2, 0) is 32.6 Å². The molecule has 41 heavy (non-hydrogen) atoms. The van der Waals surface area contributed by atoms with Gasteiger partial charge in [0.05, 0.1) is 19.1 Å². The molecule has 0 fully saturated rings. The lowest BCUT2D eigenvalue weighted by molar-refractivity contribution is -0.140. The molecular formula is C29H32Cl3N3O5S. The van der Waals surface area contributed by atoms with Crippen molar-refractivity contribution in [2.24, 2.45) is 0 Å². The van der Waals surface area contributed by atoms with E-state index in [1.165, 1.54) is 24.1 Å². The number of rotatable bonds is 12. The van der Waals surface area contributed by atoms with E-state index < -0.39 is 34.4 Å². The van der Waals surface area contributed by atoms with Crippen LogP contribution < -0.4 is 14.4 Å². The number of nitrogens with zero attached hydrogens (tertiary/aromatic N) is 2. The van der Waals surface area contributed by atoms with E-state index in [1.54, 1.807) is 24.3 Å².